The first-order valence-corrected chi connectivity index (χ1v) is 16.0. The predicted octanol–water partition coefficient (Wildman–Crippen LogP) is 7.75. The molecule has 7 heteroatoms. The summed E-state index contributed by atoms with van der Waals surface area (Å²) in [5.74, 6) is -0.920. The number of amides is 1. The van der Waals surface area contributed by atoms with E-state index in [1.54, 1.807) is 12.1 Å². The van der Waals surface area contributed by atoms with Gasteiger partial charge >= 0.3 is 12.1 Å². The Balaban J connectivity index is 2.24. The highest BCUT2D eigenvalue weighted by Crippen LogP contribution is 2.41. The van der Waals surface area contributed by atoms with Gasteiger partial charge in [-0.1, -0.05) is 69.7 Å². The van der Waals surface area contributed by atoms with E-state index in [2.05, 4.69) is 51.3 Å². The van der Waals surface area contributed by atoms with Crippen molar-refractivity contribution >= 4 is 20.4 Å². The normalized spacial score (nSPS) is 14.1. The number of carbonyl (C=O) groups is 2. The number of hydrogen-bond donors (Lipinski definition) is 2. The van der Waals surface area contributed by atoms with Gasteiger partial charge in [-0.15, -0.1) is 0 Å². The molecule has 2 rings (SSSR count). The molecule has 0 aliphatic carbocycles. The third kappa shape index (κ3) is 9.97. The molecule has 1 amide bonds. The number of nitrogens with one attached hydrogen (secondary N) is 1. The van der Waals surface area contributed by atoms with E-state index in [1.165, 1.54) is 0 Å². The Hall–Kier alpha value is -2.64. The second kappa shape index (κ2) is 12.7. The zero-order chi connectivity index (χ0) is 27.9. The first-order chi connectivity index (χ1) is 17.1. The van der Waals surface area contributed by atoms with Crippen LogP contribution in [-0.2, 0) is 15.6 Å². The Morgan fingerprint density at radius 2 is 1.51 bits per heavy atom. The van der Waals surface area contributed by atoms with Crippen LogP contribution in [0.15, 0.2) is 54.6 Å². The van der Waals surface area contributed by atoms with Gasteiger partial charge in [0, 0.05) is 0 Å². The van der Waals surface area contributed by atoms with E-state index in [0.717, 1.165) is 36.8 Å². The van der Waals surface area contributed by atoms with E-state index in [4.69, 9.17) is 14.3 Å². The number of aromatic carboxylic acids is 1. The van der Waals surface area contributed by atoms with Crippen LogP contribution in [0.5, 0.6) is 0 Å². The minimum absolute atomic E-state index is 0.0125. The van der Waals surface area contributed by atoms with E-state index in [-0.39, 0.29) is 17.2 Å². The summed E-state index contributed by atoms with van der Waals surface area (Å²) < 4.78 is 12.6. The van der Waals surface area contributed by atoms with Crippen LogP contribution in [0.1, 0.15) is 88.4 Å². The molecule has 0 spiro atoms. The summed E-state index contributed by atoms with van der Waals surface area (Å²) in [6.07, 6.45) is 2.58. The highest BCUT2D eigenvalue weighted by molar-refractivity contribution is 6.74. The summed E-state index contributed by atoms with van der Waals surface area (Å²) in [7, 11) is -2.17. The minimum Gasteiger partial charge on any atom is -0.478 e. The highest BCUT2D eigenvalue weighted by Gasteiger charge is 2.41. The number of alkyl carbamates (subject to hydrolysis) is 1. The van der Waals surface area contributed by atoms with Gasteiger partial charge in [-0.3, -0.25) is 0 Å². The van der Waals surface area contributed by atoms with Crippen LogP contribution in [0.2, 0.25) is 18.1 Å². The lowest BCUT2D eigenvalue weighted by atomic mass is 9.96. The average Bonchev–Trinajstić information content (AvgIpc) is 2.78. The van der Waals surface area contributed by atoms with Gasteiger partial charge in [0.05, 0.1) is 17.7 Å². The number of ether oxygens (including phenoxy) is 1. The molecule has 0 aliphatic heterocycles. The van der Waals surface area contributed by atoms with Gasteiger partial charge in [-0.05, 0) is 81.4 Å². The lowest BCUT2D eigenvalue weighted by molar-refractivity contribution is 0.0423. The van der Waals surface area contributed by atoms with Crippen LogP contribution >= 0.6 is 0 Å². The number of carboxylic acid groups (broad SMARTS) is 1. The highest BCUT2D eigenvalue weighted by atomic mass is 28.4. The van der Waals surface area contributed by atoms with Crippen molar-refractivity contribution in [2.24, 2.45) is 0 Å². The Bertz CT molecular complexity index is 1010. The molecule has 0 fully saturated rings. The van der Waals surface area contributed by atoms with Crippen LogP contribution in [0.3, 0.4) is 0 Å². The molecule has 37 heavy (non-hydrogen) atoms. The third-order valence-electron chi connectivity index (χ3n) is 6.85. The number of hydrogen-bond acceptors (Lipinski definition) is 4. The summed E-state index contributed by atoms with van der Waals surface area (Å²) >= 11 is 0. The van der Waals surface area contributed by atoms with E-state index >= 15 is 0 Å². The summed E-state index contributed by atoms with van der Waals surface area (Å²) in [4.78, 5) is 24.0. The monoisotopic (exact) mass is 527 g/mol. The molecule has 2 aromatic rings. The number of carbonyl (C=O) groups excluding carboxylic acids is 1. The van der Waals surface area contributed by atoms with E-state index in [1.807, 2.05) is 51.1 Å². The maximum absolute atomic E-state index is 12.9. The first-order valence-electron chi connectivity index (χ1n) is 13.1. The Morgan fingerprint density at radius 1 is 0.919 bits per heavy atom. The Kier molecular flexibility index (Phi) is 10.5. The van der Waals surface area contributed by atoms with Crippen molar-refractivity contribution in [1.29, 1.82) is 0 Å². The van der Waals surface area contributed by atoms with E-state index in [0.29, 0.717) is 5.56 Å². The van der Waals surface area contributed by atoms with Gasteiger partial charge in [-0.2, -0.15) is 0 Å². The molecule has 0 saturated carbocycles. The van der Waals surface area contributed by atoms with Crippen LogP contribution in [0, 0.1) is 0 Å². The maximum Gasteiger partial charge on any atom is 0.407 e. The van der Waals surface area contributed by atoms with Crippen LogP contribution < -0.4 is 5.32 Å². The van der Waals surface area contributed by atoms with Crippen molar-refractivity contribution < 1.29 is 23.9 Å². The van der Waals surface area contributed by atoms with Gasteiger partial charge in [0.1, 0.15) is 5.60 Å². The Morgan fingerprint density at radius 3 is 2.03 bits per heavy atom. The lowest BCUT2D eigenvalue weighted by Gasteiger charge is -2.42. The Labute approximate surface area is 223 Å². The molecule has 1 unspecified atom stereocenters. The summed E-state index contributed by atoms with van der Waals surface area (Å²) in [6.45, 7) is 16.7. The van der Waals surface area contributed by atoms with Crippen LogP contribution in [-0.4, -0.2) is 37.1 Å². The van der Waals surface area contributed by atoms with Crippen molar-refractivity contribution in [3.8, 4) is 0 Å². The van der Waals surface area contributed by atoms with Crippen molar-refractivity contribution in [2.75, 3.05) is 0 Å². The quantitative estimate of drug-likeness (QED) is 0.230. The fourth-order valence-corrected chi connectivity index (χ4v) is 5.07. The average molecular weight is 528 g/mol. The molecular weight excluding hydrogens is 482 g/mol. The van der Waals surface area contributed by atoms with Crippen molar-refractivity contribution in [3.05, 3.63) is 71.3 Å². The standard InChI is InChI=1S/C30H45NO5Si/c1-29(2,3)35-28(34)31-25(17-13-12-14-22-18-20-24(21-19-22)27(32)33)26(23-15-10-9-11-16-23)36-37(7,8)30(4,5)6/h9-11,15-16,18-21,25-26H,12-14,17H2,1-8H3,(H,31,34)(H,32,33)/t25-,26?/m1/s1. The smallest absolute Gasteiger partial charge is 0.407 e. The summed E-state index contributed by atoms with van der Waals surface area (Å²) in [5.41, 5.74) is 1.83. The number of carboxylic acids is 1. The van der Waals surface area contributed by atoms with Crippen LogP contribution in [0.4, 0.5) is 4.79 Å². The topological polar surface area (TPSA) is 84.9 Å². The molecule has 2 N–H and O–H groups in total. The van der Waals surface area contributed by atoms with Crippen molar-refractivity contribution in [2.45, 2.75) is 103 Å². The fraction of sp³-hybridized carbons (Fsp3) is 0.533. The SMILES string of the molecule is CC(C)(C)OC(=O)N[C@H](CCCCc1ccc(C(=O)O)cc1)C(O[Si](C)(C)C(C)(C)C)c1ccccc1. The molecule has 0 radical (unpaired) electrons. The molecule has 0 aliphatic rings. The van der Waals surface area contributed by atoms with Gasteiger partial charge in [0.15, 0.2) is 8.32 Å². The zero-order valence-electron chi connectivity index (χ0n) is 23.8. The lowest BCUT2D eigenvalue weighted by Crippen LogP contribution is -2.48. The van der Waals surface area contributed by atoms with Gasteiger partial charge in [0.2, 0.25) is 0 Å². The fourth-order valence-electron chi connectivity index (χ4n) is 3.78. The van der Waals surface area contributed by atoms with Crippen LogP contribution in [0.25, 0.3) is 0 Å². The molecule has 6 nitrogen and oxygen atoms in total. The first kappa shape index (κ1) is 30.6. The largest absolute Gasteiger partial charge is 0.478 e. The van der Waals surface area contributed by atoms with Crippen molar-refractivity contribution in [1.82, 2.24) is 5.32 Å². The summed E-state index contributed by atoms with van der Waals surface area (Å²) in [6, 6.07) is 16.9. The second-order valence-electron chi connectivity index (χ2n) is 12.2. The molecule has 0 bridgehead atoms. The summed E-state index contributed by atoms with van der Waals surface area (Å²) in [5, 5.41) is 12.3. The van der Waals surface area contributed by atoms with Crippen molar-refractivity contribution in [3.63, 3.8) is 0 Å². The molecular formula is C30H45NO5Si. The molecule has 0 saturated heterocycles. The van der Waals surface area contributed by atoms with Gasteiger partial charge in [-0.25, -0.2) is 9.59 Å². The van der Waals surface area contributed by atoms with Gasteiger partial charge < -0.3 is 19.6 Å². The molecule has 204 valence electrons. The number of rotatable bonds is 11. The predicted molar refractivity (Wildman–Crippen MR) is 152 cm³/mol. The number of benzene rings is 2. The number of unbranched alkanes of at least 4 members (excludes halogenated alkanes) is 1. The molecule has 0 heterocycles. The molecule has 2 aromatic carbocycles. The molecule has 2 atom stereocenters. The van der Waals surface area contributed by atoms with E-state index < -0.39 is 26.0 Å². The minimum atomic E-state index is -2.17. The van der Waals surface area contributed by atoms with Gasteiger partial charge in [0.25, 0.3) is 0 Å². The molecule has 0 aromatic heterocycles. The maximum atomic E-state index is 12.9. The third-order valence-corrected chi connectivity index (χ3v) is 11.3. The second-order valence-corrected chi connectivity index (χ2v) is 17.0. The number of aryl methyl sites for hydroxylation is 1. The zero-order valence-corrected chi connectivity index (χ0v) is 24.8. The van der Waals surface area contributed by atoms with E-state index in [9.17, 15) is 9.59 Å².